The average Bonchev–Trinajstić information content (AvgIpc) is 2.15. The third-order valence-electron chi connectivity index (χ3n) is 2.25. The number of carbonyl (C=O) groups excluding carboxylic acids is 1. The number of sulfonamides is 1. The maximum absolute atomic E-state index is 11.7. The summed E-state index contributed by atoms with van der Waals surface area (Å²) in [7, 11) is -3.62. The molecule has 0 aliphatic carbocycles. The molecule has 0 heterocycles. The smallest absolute Gasteiger partial charge is 0.234 e. The molecule has 6 nitrogen and oxygen atoms in total. The molecule has 0 unspecified atom stereocenters. The van der Waals surface area contributed by atoms with Crippen molar-refractivity contribution in [1.82, 2.24) is 0 Å². The summed E-state index contributed by atoms with van der Waals surface area (Å²) in [4.78, 5) is 10.9. The van der Waals surface area contributed by atoms with E-state index in [1.807, 2.05) is 0 Å². The molecule has 0 bridgehead atoms. The van der Waals surface area contributed by atoms with Crippen molar-refractivity contribution < 1.29 is 18.3 Å². The van der Waals surface area contributed by atoms with Crippen LogP contribution in [0.25, 0.3) is 0 Å². The second kappa shape index (κ2) is 5.18. The Balaban J connectivity index is 3.16. The van der Waals surface area contributed by atoms with Gasteiger partial charge < -0.3 is 10.4 Å². The lowest BCUT2D eigenvalue weighted by Gasteiger charge is -2.33. The summed E-state index contributed by atoms with van der Waals surface area (Å²) in [5.74, 6) is -0.213. The largest absolute Gasteiger partial charge is 0.370 e. The van der Waals surface area contributed by atoms with Crippen molar-refractivity contribution in [3.8, 4) is 0 Å². The van der Waals surface area contributed by atoms with Crippen molar-refractivity contribution in [2.75, 3.05) is 15.9 Å². The van der Waals surface area contributed by atoms with Gasteiger partial charge in [0.2, 0.25) is 15.9 Å². The van der Waals surface area contributed by atoms with Crippen LogP contribution in [0.3, 0.4) is 0 Å². The predicted octanol–water partition coefficient (Wildman–Crippen LogP) is 1.14. The number of hydrogen-bond donors (Lipinski definition) is 2. The molecule has 1 amide bonds. The van der Waals surface area contributed by atoms with E-state index < -0.39 is 15.7 Å². The highest BCUT2D eigenvalue weighted by Gasteiger charge is 2.31. The summed E-state index contributed by atoms with van der Waals surface area (Å²) in [6.07, 6.45) is 1.02. The Hall–Kier alpha value is -1.60. The third kappa shape index (κ3) is 4.22. The van der Waals surface area contributed by atoms with E-state index in [1.54, 1.807) is 12.1 Å². The molecule has 19 heavy (non-hydrogen) atoms. The molecule has 0 saturated carbocycles. The lowest BCUT2D eigenvalue weighted by atomic mass is 10.2. The highest BCUT2D eigenvalue weighted by atomic mass is 32.2. The lowest BCUT2D eigenvalue weighted by Crippen LogP contribution is -2.47. The Labute approximate surface area is 113 Å². The minimum absolute atomic E-state index is 0.213. The van der Waals surface area contributed by atoms with Crippen molar-refractivity contribution in [3.63, 3.8) is 0 Å². The van der Waals surface area contributed by atoms with Crippen LogP contribution in [0.2, 0.25) is 0 Å². The zero-order chi connectivity index (χ0) is 14.8. The van der Waals surface area contributed by atoms with Gasteiger partial charge in [-0.3, -0.25) is 4.79 Å². The standard InChI is InChI=1S/C12H18N2O4S/c1-9(15)13-10-5-7-11(8-6-10)14(12(2,3)16)19(4,17)18/h5-8,16H,1-4H3,(H,13,15). The van der Waals surface area contributed by atoms with Gasteiger partial charge in [-0.1, -0.05) is 0 Å². The number of aliphatic hydroxyl groups is 1. The zero-order valence-electron chi connectivity index (χ0n) is 11.3. The van der Waals surface area contributed by atoms with Gasteiger partial charge >= 0.3 is 0 Å². The van der Waals surface area contributed by atoms with E-state index in [-0.39, 0.29) is 5.91 Å². The summed E-state index contributed by atoms with van der Waals surface area (Å²) in [6, 6.07) is 6.18. The van der Waals surface area contributed by atoms with Gasteiger partial charge in [0, 0.05) is 12.6 Å². The van der Waals surface area contributed by atoms with Crippen molar-refractivity contribution in [2.24, 2.45) is 0 Å². The molecule has 2 N–H and O–H groups in total. The highest BCUT2D eigenvalue weighted by Crippen LogP contribution is 2.26. The predicted molar refractivity (Wildman–Crippen MR) is 74.4 cm³/mol. The van der Waals surface area contributed by atoms with Crippen molar-refractivity contribution in [3.05, 3.63) is 24.3 Å². The van der Waals surface area contributed by atoms with Crippen LogP contribution in [-0.4, -0.2) is 31.4 Å². The molecule has 1 aromatic carbocycles. The van der Waals surface area contributed by atoms with Gasteiger partial charge in [-0.05, 0) is 38.1 Å². The normalized spacial score (nSPS) is 12.1. The Morgan fingerprint density at radius 1 is 1.26 bits per heavy atom. The molecule has 0 atom stereocenters. The first-order valence-electron chi connectivity index (χ1n) is 5.62. The molecule has 0 aliphatic heterocycles. The molecule has 106 valence electrons. The molecule has 0 radical (unpaired) electrons. The Bertz CT molecular complexity index is 558. The Kier molecular flexibility index (Phi) is 4.21. The second-order valence-electron chi connectivity index (χ2n) is 4.75. The summed E-state index contributed by atoms with van der Waals surface area (Å²) < 4.78 is 24.4. The number of hydrogen-bond acceptors (Lipinski definition) is 4. The fourth-order valence-corrected chi connectivity index (χ4v) is 3.11. The highest BCUT2D eigenvalue weighted by molar-refractivity contribution is 7.92. The van der Waals surface area contributed by atoms with Crippen LogP contribution >= 0.6 is 0 Å². The van der Waals surface area contributed by atoms with Gasteiger partial charge in [0.1, 0.15) is 5.72 Å². The molecule has 1 rings (SSSR count). The quantitative estimate of drug-likeness (QED) is 0.813. The Morgan fingerprint density at radius 2 is 1.74 bits per heavy atom. The average molecular weight is 286 g/mol. The van der Waals surface area contributed by atoms with Crippen LogP contribution in [-0.2, 0) is 14.8 Å². The number of amides is 1. The van der Waals surface area contributed by atoms with E-state index in [0.717, 1.165) is 10.6 Å². The number of benzene rings is 1. The Morgan fingerprint density at radius 3 is 2.05 bits per heavy atom. The molecule has 0 spiro atoms. The van der Waals surface area contributed by atoms with Crippen LogP contribution in [0.5, 0.6) is 0 Å². The molecule has 1 aromatic rings. The number of carbonyl (C=O) groups is 1. The van der Waals surface area contributed by atoms with Crippen molar-refractivity contribution in [1.29, 1.82) is 0 Å². The summed E-state index contributed by atoms with van der Waals surface area (Å²) in [5.41, 5.74) is -0.673. The number of nitrogens with zero attached hydrogens (tertiary/aromatic N) is 1. The molecule has 0 fully saturated rings. The monoisotopic (exact) mass is 286 g/mol. The zero-order valence-corrected chi connectivity index (χ0v) is 12.2. The van der Waals surface area contributed by atoms with Crippen LogP contribution in [0.1, 0.15) is 20.8 Å². The van der Waals surface area contributed by atoms with E-state index in [9.17, 15) is 18.3 Å². The number of rotatable bonds is 4. The fraction of sp³-hybridized carbons (Fsp3) is 0.417. The molecule has 0 aromatic heterocycles. The number of anilines is 2. The molecular formula is C12H18N2O4S. The van der Waals surface area contributed by atoms with Gasteiger partial charge in [0.05, 0.1) is 11.9 Å². The summed E-state index contributed by atoms with van der Waals surface area (Å²) in [5, 5.41) is 12.5. The van der Waals surface area contributed by atoms with Gasteiger partial charge in [-0.2, -0.15) is 0 Å². The molecule has 7 heteroatoms. The first-order valence-corrected chi connectivity index (χ1v) is 7.47. The minimum atomic E-state index is -3.62. The van der Waals surface area contributed by atoms with E-state index in [0.29, 0.717) is 11.4 Å². The van der Waals surface area contributed by atoms with Gasteiger partial charge in [0.25, 0.3) is 0 Å². The lowest BCUT2D eigenvalue weighted by molar-refractivity contribution is -0.114. The minimum Gasteiger partial charge on any atom is -0.370 e. The SMILES string of the molecule is CC(=O)Nc1ccc(N(C(C)(C)O)S(C)(=O)=O)cc1. The first kappa shape index (κ1) is 15.5. The summed E-state index contributed by atoms with van der Waals surface area (Å²) in [6.45, 7) is 4.15. The second-order valence-corrected chi connectivity index (χ2v) is 6.58. The van der Waals surface area contributed by atoms with Gasteiger partial charge in [-0.25, -0.2) is 12.7 Å². The maximum Gasteiger partial charge on any atom is 0.234 e. The van der Waals surface area contributed by atoms with Crippen LogP contribution in [0.4, 0.5) is 11.4 Å². The first-order chi connectivity index (χ1) is 8.51. The molecule has 0 aliphatic rings. The van der Waals surface area contributed by atoms with Crippen molar-refractivity contribution >= 4 is 27.3 Å². The van der Waals surface area contributed by atoms with Crippen LogP contribution in [0, 0.1) is 0 Å². The third-order valence-corrected chi connectivity index (χ3v) is 3.57. The fourth-order valence-electron chi connectivity index (χ4n) is 1.80. The van der Waals surface area contributed by atoms with E-state index in [1.165, 1.54) is 32.9 Å². The summed E-state index contributed by atoms with van der Waals surface area (Å²) >= 11 is 0. The van der Waals surface area contributed by atoms with E-state index in [2.05, 4.69) is 5.32 Å². The van der Waals surface area contributed by atoms with Crippen LogP contribution < -0.4 is 9.62 Å². The topological polar surface area (TPSA) is 86.7 Å². The van der Waals surface area contributed by atoms with Crippen LogP contribution in [0.15, 0.2) is 24.3 Å². The van der Waals surface area contributed by atoms with E-state index >= 15 is 0 Å². The molecule has 0 saturated heterocycles. The molecular weight excluding hydrogens is 268 g/mol. The van der Waals surface area contributed by atoms with Gasteiger partial charge in [-0.15, -0.1) is 0 Å². The maximum atomic E-state index is 11.7. The van der Waals surface area contributed by atoms with Gasteiger partial charge in [0.15, 0.2) is 0 Å². The van der Waals surface area contributed by atoms with Crippen molar-refractivity contribution in [2.45, 2.75) is 26.5 Å². The number of nitrogens with one attached hydrogen (secondary N) is 1. The van der Waals surface area contributed by atoms with E-state index in [4.69, 9.17) is 0 Å².